The van der Waals surface area contributed by atoms with E-state index in [-0.39, 0.29) is 18.4 Å². The number of likely N-dealkylation sites (N-methyl/N-ethyl adjacent to an activating group) is 1. The van der Waals surface area contributed by atoms with Gasteiger partial charge in [-0.3, -0.25) is 14.5 Å². The fourth-order valence-corrected chi connectivity index (χ4v) is 2.34. The minimum Gasteiger partial charge on any atom is -0.325 e. The molecule has 0 aliphatic carbocycles. The molecule has 0 bridgehead atoms. The first kappa shape index (κ1) is 19.4. The van der Waals surface area contributed by atoms with E-state index in [4.69, 9.17) is 16.9 Å². The molecule has 0 saturated carbocycles. The van der Waals surface area contributed by atoms with Crippen molar-refractivity contribution in [1.82, 2.24) is 4.90 Å². The summed E-state index contributed by atoms with van der Waals surface area (Å²) in [6.45, 7) is 1.76. The average Bonchev–Trinajstić information content (AvgIpc) is 2.63. The second-order valence-corrected chi connectivity index (χ2v) is 6.26. The Morgan fingerprint density at radius 3 is 2.50 bits per heavy atom. The molecule has 0 heterocycles. The molecule has 0 saturated heterocycles. The largest absolute Gasteiger partial charge is 0.325 e. The highest BCUT2D eigenvalue weighted by Gasteiger charge is 2.20. The van der Waals surface area contributed by atoms with E-state index in [1.165, 1.54) is 0 Å². The fraction of sp³-hybridized carbons (Fsp3) is 0.211. The number of anilines is 2. The number of benzene rings is 2. The van der Waals surface area contributed by atoms with Gasteiger partial charge in [-0.1, -0.05) is 17.7 Å². The molecule has 2 amide bonds. The van der Waals surface area contributed by atoms with E-state index in [9.17, 15) is 9.59 Å². The van der Waals surface area contributed by atoms with Gasteiger partial charge in [-0.15, -0.1) is 0 Å². The minimum atomic E-state index is -0.531. The van der Waals surface area contributed by atoms with Crippen LogP contribution >= 0.6 is 11.6 Å². The zero-order valence-electron chi connectivity index (χ0n) is 14.5. The monoisotopic (exact) mass is 370 g/mol. The van der Waals surface area contributed by atoms with Crippen molar-refractivity contribution in [2.45, 2.75) is 13.0 Å². The van der Waals surface area contributed by atoms with Crippen molar-refractivity contribution in [3.05, 3.63) is 59.1 Å². The molecule has 0 aliphatic rings. The predicted octanol–water partition coefficient (Wildman–Crippen LogP) is 3.11. The highest BCUT2D eigenvalue weighted by atomic mass is 35.5. The van der Waals surface area contributed by atoms with E-state index < -0.39 is 6.04 Å². The van der Waals surface area contributed by atoms with Crippen molar-refractivity contribution >= 4 is 34.8 Å². The first-order valence-electron chi connectivity index (χ1n) is 7.95. The normalized spacial score (nSPS) is 11.5. The van der Waals surface area contributed by atoms with Crippen molar-refractivity contribution < 1.29 is 9.59 Å². The molecule has 2 N–H and O–H groups in total. The SMILES string of the molecule is C[C@H](C(=O)Nc1cccc(C#N)c1)N(C)CC(=O)Nc1ccc(Cl)cc1. The third-order valence-electron chi connectivity index (χ3n) is 3.82. The Labute approximate surface area is 157 Å². The van der Waals surface area contributed by atoms with Gasteiger partial charge in [-0.25, -0.2) is 0 Å². The Morgan fingerprint density at radius 2 is 1.85 bits per heavy atom. The highest BCUT2D eigenvalue weighted by Crippen LogP contribution is 2.14. The number of carbonyl (C=O) groups excluding carboxylic acids is 2. The molecule has 0 radical (unpaired) electrons. The molecule has 0 unspecified atom stereocenters. The smallest absolute Gasteiger partial charge is 0.241 e. The Hall–Kier alpha value is -2.88. The number of nitrogens with zero attached hydrogens (tertiary/aromatic N) is 2. The predicted molar refractivity (Wildman–Crippen MR) is 102 cm³/mol. The fourth-order valence-electron chi connectivity index (χ4n) is 2.21. The number of carbonyl (C=O) groups is 2. The van der Waals surface area contributed by atoms with Crippen LogP contribution in [-0.2, 0) is 9.59 Å². The third-order valence-corrected chi connectivity index (χ3v) is 4.07. The summed E-state index contributed by atoms with van der Waals surface area (Å²) < 4.78 is 0. The van der Waals surface area contributed by atoms with Gasteiger partial charge in [0.1, 0.15) is 0 Å². The number of amides is 2. The van der Waals surface area contributed by atoms with Crippen molar-refractivity contribution in [2.24, 2.45) is 0 Å². The summed E-state index contributed by atoms with van der Waals surface area (Å²) in [4.78, 5) is 26.1. The molecule has 2 rings (SSSR count). The van der Waals surface area contributed by atoms with Crippen LogP contribution in [0, 0.1) is 11.3 Å². The van der Waals surface area contributed by atoms with Gasteiger partial charge in [0, 0.05) is 16.4 Å². The molecule has 0 fully saturated rings. The Bertz CT molecular complexity index is 830. The molecule has 6 nitrogen and oxygen atoms in total. The molecule has 0 spiro atoms. The summed E-state index contributed by atoms with van der Waals surface area (Å²) in [5.74, 6) is -0.497. The lowest BCUT2D eigenvalue weighted by Gasteiger charge is -2.23. The summed E-state index contributed by atoms with van der Waals surface area (Å²) in [6, 6.07) is 14.9. The maximum Gasteiger partial charge on any atom is 0.241 e. The van der Waals surface area contributed by atoms with Gasteiger partial charge in [0.05, 0.1) is 24.2 Å². The molecule has 134 valence electrons. The second kappa shape index (κ2) is 8.99. The molecular weight excluding hydrogens is 352 g/mol. The topological polar surface area (TPSA) is 85.2 Å². The molecule has 0 aromatic heterocycles. The Kier molecular flexibility index (Phi) is 6.73. The zero-order chi connectivity index (χ0) is 19.1. The summed E-state index contributed by atoms with van der Waals surface area (Å²) in [6.07, 6.45) is 0. The molecule has 1 atom stereocenters. The molecule has 0 aliphatic heterocycles. The van der Waals surface area contributed by atoms with Gasteiger partial charge < -0.3 is 10.6 Å². The van der Waals surface area contributed by atoms with Crippen LogP contribution in [0.2, 0.25) is 5.02 Å². The van der Waals surface area contributed by atoms with Gasteiger partial charge in [-0.2, -0.15) is 5.26 Å². The molecule has 2 aromatic carbocycles. The Morgan fingerprint density at radius 1 is 1.15 bits per heavy atom. The van der Waals surface area contributed by atoms with Gasteiger partial charge >= 0.3 is 0 Å². The Balaban J connectivity index is 1.90. The number of rotatable bonds is 6. The summed E-state index contributed by atoms with van der Waals surface area (Å²) >= 11 is 5.81. The number of hydrogen-bond acceptors (Lipinski definition) is 4. The van der Waals surface area contributed by atoms with Crippen molar-refractivity contribution in [1.29, 1.82) is 5.26 Å². The molecule has 2 aromatic rings. The van der Waals surface area contributed by atoms with Gasteiger partial charge in [0.2, 0.25) is 11.8 Å². The molecule has 26 heavy (non-hydrogen) atoms. The lowest BCUT2D eigenvalue weighted by Crippen LogP contribution is -2.43. The first-order valence-corrected chi connectivity index (χ1v) is 8.33. The van der Waals surface area contributed by atoms with Crippen molar-refractivity contribution in [2.75, 3.05) is 24.2 Å². The van der Waals surface area contributed by atoms with Crippen LogP contribution in [0.1, 0.15) is 12.5 Å². The van der Waals surface area contributed by atoms with E-state index in [0.717, 1.165) is 0 Å². The van der Waals surface area contributed by atoms with E-state index in [2.05, 4.69) is 10.6 Å². The number of halogens is 1. The van der Waals surface area contributed by atoms with Crippen LogP contribution in [-0.4, -0.2) is 36.3 Å². The number of hydrogen-bond donors (Lipinski definition) is 2. The van der Waals surface area contributed by atoms with Crippen LogP contribution in [0.5, 0.6) is 0 Å². The van der Waals surface area contributed by atoms with Crippen molar-refractivity contribution in [3.63, 3.8) is 0 Å². The van der Waals surface area contributed by atoms with E-state index in [1.54, 1.807) is 67.4 Å². The average molecular weight is 371 g/mol. The quantitative estimate of drug-likeness (QED) is 0.818. The van der Waals surface area contributed by atoms with E-state index in [1.807, 2.05) is 6.07 Å². The number of nitrogens with one attached hydrogen (secondary N) is 2. The minimum absolute atomic E-state index is 0.0510. The van der Waals surface area contributed by atoms with Gasteiger partial charge in [-0.05, 0) is 56.4 Å². The maximum absolute atomic E-state index is 12.3. The van der Waals surface area contributed by atoms with Crippen LogP contribution in [0.25, 0.3) is 0 Å². The van der Waals surface area contributed by atoms with Crippen molar-refractivity contribution in [3.8, 4) is 6.07 Å². The lowest BCUT2D eigenvalue weighted by atomic mass is 10.2. The zero-order valence-corrected chi connectivity index (χ0v) is 15.2. The summed E-state index contributed by atoms with van der Waals surface area (Å²) in [5.41, 5.74) is 1.64. The van der Waals surface area contributed by atoms with E-state index >= 15 is 0 Å². The third kappa shape index (κ3) is 5.59. The number of nitriles is 1. The van der Waals surface area contributed by atoms with Crippen LogP contribution < -0.4 is 10.6 Å². The lowest BCUT2D eigenvalue weighted by molar-refractivity contribution is -0.122. The summed E-state index contributed by atoms with van der Waals surface area (Å²) in [7, 11) is 1.69. The standard InChI is InChI=1S/C19H19ClN4O2/c1-13(19(26)23-17-5-3-4-14(10-17)11-21)24(2)12-18(25)22-16-8-6-15(20)7-9-16/h3-10,13H,12H2,1-2H3,(H,22,25)(H,23,26)/t13-/m1/s1. The van der Waals surface area contributed by atoms with Gasteiger partial charge in [0.15, 0.2) is 0 Å². The van der Waals surface area contributed by atoms with Crippen LogP contribution in [0.15, 0.2) is 48.5 Å². The maximum atomic E-state index is 12.3. The summed E-state index contributed by atoms with van der Waals surface area (Å²) in [5, 5.41) is 15.0. The van der Waals surface area contributed by atoms with Crippen LogP contribution in [0.4, 0.5) is 11.4 Å². The molecule has 7 heteroatoms. The van der Waals surface area contributed by atoms with E-state index in [0.29, 0.717) is 22.0 Å². The van der Waals surface area contributed by atoms with Gasteiger partial charge in [0.25, 0.3) is 0 Å². The van der Waals surface area contributed by atoms with Crippen LogP contribution in [0.3, 0.4) is 0 Å². The molecular formula is C19H19ClN4O2. The highest BCUT2D eigenvalue weighted by molar-refractivity contribution is 6.30. The first-order chi connectivity index (χ1) is 12.4. The second-order valence-electron chi connectivity index (χ2n) is 5.83.